The molecule has 0 unspecified atom stereocenters. The minimum atomic E-state index is -0.552. The van der Waals surface area contributed by atoms with E-state index in [0.717, 1.165) is 0 Å². The molecule has 0 fully saturated rings. The first-order chi connectivity index (χ1) is 11.4. The van der Waals surface area contributed by atoms with Crippen molar-refractivity contribution in [3.63, 3.8) is 0 Å². The highest BCUT2D eigenvalue weighted by Gasteiger charge is 2.12. The molecule has 0 aliphatic heterocycles. The van der Waals surface area contributed by atoms with Gasteiger partial charge < -0.3 is 10.1 Å². The Morgan fingerprint density at radius 3 is 2.46 bits per heavy atom. The molecule has 2 aromatic carbocycles. The molecule has 0 saturated carbocycles. The zero-order chi connectivity index (χ0) is 17.7. The number of nitrogens with zero attached hydrogens (tertiary/aromatic N) is 1. The maximum atomic E-state index is 11.9. The highest BCUT2D eigenvalue weighted by molar-refractivity contribution is 6.32. The molecular weight excluding hydrogens is 332 g/mol. The monoisotopic (exact) mass is 348 g/mol. The Morgan fingerprint density at radius 2 is 1.92 bits per heavy atom. The van der Waals surface area contributed by atoms with E-state index in [-0.39, 0.29) is 29.0 Å². The number of hydrogen-bond donors (Lipinski definition) is 1. The van der Waals surface area contributed by atoms with Crippen molar-refractivity contribution >= 4 is 28.9 Å². The predicted molar refractivity (Wildman–Crippen MR) is 92.8 cm³/mol. The van der Waals surface area contributed by atoms with Gasteiger partial charge in [-0.1, -0.05) is 37.6 Å². The molecule has 0 aromatic heterocycles. The first-order valence-corrected chi connectivity index (χ1v) is 7.71. The molecule has 1 N–H and O–H groups in total. The maximum Gasteiger partial charge on any atom is 0.271 e. The second-order valence-corrected chi connectivity index (χ2v) is 5.89. The lowest BCUT2D eigenvalue weighted by atomic mass is 10.0. The topological polar surface area (TPSA) is 81.5 Å². The van der Waals surface area contributed by atoms with Crippen LogP contribution < -0.4 is 10.1 Å². The zero-order valence-corrected chi connectivity index (χ0v) is 14.0. The molecule has 0 bridgehead atoms. The molecule has 0 radical (unpaired) electrons. The number of benzene rings is 2. The molecule has 0 aliphatic carbocycles. The van der Waals surface area contributed by atoms with E-state index in [9.17, 15) is 14.9 Å². The standard InChI is InChI=1S/C17H17ClN2O4/c1-11(2)12-3-5-13(6-4-12)19-17(21)10-24-16-8-7-14(20(22)23)9-15(16)18/h3-9,11H,10H2,1-2H3,(H,19,21). The highest BCUT2D eigenvalue weighted by atomic mass is 35.5. The molecule has 2 rings (SSSR count). The highest BCUT2D eigenvalue weighted by Crippen LogP contribution is 2.28. The van der Waals surface area contributed by atoms with Gasteiger partial charge in [0.25, 0.3) is 11.6 Å². The Kier molecular flexibility index (Phi) is 5.76. The Bertz CT molecular complexity index is 745. The SMILES string of the molecule is CC(C)c1ccc(NC(=O)COc2ccc([N+](=O)[O-])cc2Cl)cc1. The van der Waals surface area contributed by atoms with Gasteiger partial charge in [-0.3, -0.25) is 14.9 Å². The van der Waals surface area contributed by atoms with Gasteiger partial charge in [0.15, 0.2) is 6.61 Å². The zero-order valence-electron chi connectivity index (χ0n) is 13.3. The number of rotatable bonds is 6. The number of nitrogens with one attached hydrogen (secondary N) is 1. The quantitative estimate of drug-likeness (QED) is 0.620. The van der Waals surface area contributed by atoms with Crippen LogP contribution in [0.5, 0.6) is 5.75 Å². The fourth-order valence-electron chi connectivity index (χ4n) is 2.01. The summed E-state index contributed by atoms with van der Waals surface area (Å²) < 4.78 is 5.30. The van der Waals surface area contributed by atoms with Crippen LogP contribution in [0.2, 0.25) is 5.02 Å². The van der Waals surface area contributed by atoms with Gasteiger partial charge in [0.2, 0.25) is 0 Å². The molecule has 126 valence electrons. The van der Waals surface area contributed by atoms with Gasteiger partial charge in [0.1, 0.15) is 5.75 Å². The van der Waals surface area contributed by atoms with Crippen LogP contribution in [0.1, 0.15) is 25.3 Å². The van der Waals surface area contributed by atoms with Gasteiger partial charge in [-0.05, 0) is 29.7 Å². The minimum absolute atomic E-state index is 0.0817. The molecule has 0 atom stereocenters. The lowest BCUT2D eigenvalue weighted by Crippen LogP contribution is -2.20. The van der Waals surface area contributed by atoms with Crippen molar-refractivity contribution in [2.75, 3.05) is 11.9 Å². The van der Waals surface area contributed by atoms with Crippen molar-refractivity contribution in [2.24, 2.45) is 0 Å². The molecule has 0 saturated heterocycles. The van der Waals surface area contributed by atoms with E-state index in [1.54, 1.807) is 0 Å². The maximum absolute atomic E-state index is 11.9. The van der Waals surface area contributed by atoms with Crippen LogP contribution in [0, 0.1) is 10.1 Å². The first kappa shape index (κ1) is 17.7. The van der Waals surface area contributed by atoms with Crippen molar-refractivity contribution in [2.45, 2.75) is 19.8 Å². The van der Waals surface area contributed by atoms with Gasteiger partial charge in [0, 0.05) is 17.8 Å². The minimum Gasteiger partial charge on any atom is -0.482 e. The lowest BCUT2D eigenvalue weighted by Gasteiger charge is -2.10. The molecule has 2 aromatic rings. The van der Waals surface area contributed by atoms with Crippen molar-refractivity contribution < 1.29 is 14.5 Å². The summed E-state index contributed by atoms with van der Waals surface area (Å²) in [6.45, 7) is 3.94. The van der Waals surface area contributed by atoms with Gasteiger partial charge in [-0.2, -0.15) is 0 Å². The van der Waals surface area contributed by atoms with E-state index >= 15 is 0 Å². The second-order valence-electron chi connectivity index (χ2n) is 5.49. The van der Waals surface area contributed by atoms with E-state index in [2.05, 4.69) is 19.2 Å². The van der Waals surface area contributed by atoms with E-state index in [0.29, 0.717) is 11.6 Å². The first-order valence-electron chi connectivity index (χ1n) is 7.33. The molecule has 0 aliphatic rings. The number of amides is 1. The fourth-order valence-corrected chi connectivity index (χ4v) is 2.24. The Hall–Kier alpha value is -2.60. The van der Waals surface area contributed by atoms with E-state index in [4.69, 9.17) is 16.3 Å². The van der Waals surface area contributed by atoms with Crippen LogP contribution in [0.15, 0.2) is 42.5 Å². The molecular formula is C17H17ClN2O4. The Balaban J connectivity index is 1.92. The predicted octanol–water partition coefficient (Wildman–Crippen LogP) is 4.39. The molecule has 6 nitrogen and oxygen atoms in total. The third-order valence-electron chi connectivity index (χ3n) is 3.35. The number of halogens is 1. The van der Waals surface area contributed by atoms with Crippen LogP contribution in [-0.4, -0.2) is 17.4 Å². The van der Waals surface area contributed by atoms with Crippen molar-refractivity contribution in [3.05, 3.63) is 63.2 Å². The van der Waals surface area contributed by atoms with Crippen LogP contribution >= 0.6 is 11.6 Å². The van der Waals surface area contributed by atoms with Crippen LogP contribution in [0.4, 0.5) is 11.4 Å². The molecule has 0 spiro atoms. The van der Waals surface area contributed by atoms with Gasteiger partial charge in [-0.25, -0.2) is 0 Å². The summed E-state index contributed by atoms with van der Waals surface area (Å²) in [5, 5.41) is 13.4. The molecule has 0 heterocycles. The average Bonchev–Trinajstić information content (AvgIpc) is 2.54. The number of anilines is 1. The van der Waals surface area contributed by atoms with Gasteiger partial charge in [0.05, 0.1) is 9.95 Å². The van der Waals surface area contributed by atoms with E-state index in [1.807, 2.05) is 24.3 Å². The number of ether oxygens (including phenoxy) is 1. The summed E-state index contributed by atoms with van der Waals surface area (Å²) in [5.74, 6) is 0.289. The fraction of sp³-hybridized carbons (Fsp3) is 0.235. The third-order valence-corrected chi connectivity index (χ3v) is 3.64. The summed E-state index contributed by atoms with van der Waals surface area (Å²) >= 11 is 5.90. The molecule has 24 heavy (non-hydrogen) atoms. The van der Waals surface area contributed by atoms with E-state index < -0.39 is 4.92 Å². The molecule has 7 heteroatoms. The molecule has 1 amide bonds. The summed E-state index contributed by atoms with van der Waals surface area (Å²) in [6, 6.07) is 11.4. The third kappa shape index (κ3) is 4.70. The number of nitro groups is 1. The Morgan fingerprint density at radius 1 is 1.25 bits per heavy atom. The number of nitro benzene ring substituents is 1. The number of carbonyl (C=O) groups excluding carboxylic acids is 1. The Labute approximate surface area is 144 Å². The summed E-state index contributed by atoms with van der Waals surface area (Å²) in [6.07, 6.45) is 0. The summed E-state index contributed by atoms with van der Waals surface area (Å²) in [5.41, 5.74) is 1.71. The van der Waals surface area contributed by atoms with Crippen molar-refractivity contribution in [1.29, 1.82) is 0 Å². The normalized spacial score (nSPS) is 10.5. The summed E-state index contributed by atoms with van der Waals surface area (Å²) in [4.78, 5) is 22.0. The number of carbonyl (C=O) groups is 1. The smallest absolute Gasteiger partial charge is 0.271 e. The number of hydrogen-bond acceptors (Lipinski definition) is 4. The second kappa shape index (κ2) is 7.79. The van der Waals surface area contributed by atoms with Gasteiger partial charge >= 0.3 is 0 Å². The van der Waals surface area contributed by atoms with Crippen LogP contribution in [-0.2, 0) is 4.79 Å². The summed E-state index contributed by atoms with van der Waals surface area (Å²) in [7, 11) is 0. The van der Waals surface area contributed by atoms with Crippen LogP contribution in [0.3, 0.4) is 0 Å². The van der Waals surface area contributed by atoms with E-state index in [1.165, 1.54) is 23.8 Å². The largest absolute Gasteiger partial charge is 0.482 e. The van der Waals surface area contributed by atoms with Crippen LogP contribution in [0.25, 0.3) is 0 Å². The number of non-ortho nitro benzene ring substituents is 1. The van der Waals surface area contributed by atoms with Crippen molar-refractivity contribution in [3.8, 4) is 5.75 Å². The van der Waals surface area contributed by atoms with Crippen molar-refractivity contribution in [1.82, 2.24) is 0 Å². The lowest BCUT2D eigenvalue weighted by molar-refractivity contribution is -0.384. The van der Waals surface area contributed by atoms with Gasteiger partial charge in [-0.15, -0.1) is 0 Å². The average molecular weight is 349 g/mol.